The molecule has 0 saturated heterocycles. The van der Waals surface area contributed by atoms with Gasteiger partial charge in [-0.2, -0.15) is 0 Å². The van der Waals surface area contributed by atoms with Crippen LogP contribution in [0.2, 0.25) is 0 Å². The molecule has 20 heavy (non-hydrogen) atoms. The van der Waals surface area contributed by atoms with Gasteiger partial charge in [-0.05, 0) is 25.3 Å². The zero-order valence-electron chi connectivity index (χ0n) is 11.4. The summed E-state index contributed by atoms with van der Waals surface area (Å²) in [5.41, 5.74) is -0.142. The highest BCUT2D eigenvalue weighted by Gasteiger charge is 2.27. The molecule has 0 bridgehead atoms. The lowest BCUT2D eigenvalue weighted by Gasteiger charge is -2.11. The van der Waals surface area contributed by atoms with E-state index in [0.29, 0.717) is 12.0 Å². The van der Waals surface area contributed by atoms with E-state index in [1.807, 2.05) is 0 Å². The number of aliphatic hydroxyl groups is 1. The highest BCUT2D eigenvalue weighted by molar-refractivity contribution is 7.89. The molecular formula is C12H18N2O5S. The lowest BCUT2D eigenvalue weighted by atomic mass is 10.2. The number of nitrogens with zero attached hydrogens (tertiary/aromatic N) is 1. The molecule has 0 aliphatic rings. The zero-order chi connectivity index (χ0) is 15.3. The van der Waals surface area contributed by atoms with Crippen molar-refractivity contribution >= 4 is 15.7 Å². The van der Waals surface area contributed by atoms with E-state index in [9.17, 15) is 23.6 Å². The molecule has 0 radical (unpaired) electrons. The van der Waals surface area contributed by atoms with Gasteiger partial charge >= 0.3 is 0 Å². The van der Waals surface area contributed by atoms with Crippen LogP contribution in [-0.2, 0) is 10.0 Å². The van der Waals surface area contributed by atoms with E-state index in [1.165, 1.54) is 19.1 Å². The predicted molar refractivity (Wildman–Crippen MR) is 73.9 cm³/mol. The largest absolute Gasteiger partial charge is 0.393 e. The Kier molecular flexibility index (Phi) is 5.61. The van der Waals surface area contributed by atoms with Crippen LogP contribution >= 0.6 is 0 Å². The Bertz CT molecular complexity index is 586. The second-order valence-electron chi connectivity index (χ2n) is 4.43. The number of sulfonamides is 1. The number of nitro groups is 1. The molecule has 0 spiro atoms. The van der Waals surface area contributed by atoms with Crippen LogP contribution in [0.25, 0.3) is 0 Å². The monoisotopic (exact) mass is 302 g/mol. The van der Waals surface area contributed by atoms with Gasteiger partial charge in [0.1, 0.15) is 0 Å². The molecule has 2 N–H and O–H groups in total. The van der Waals surface area contributed by atoms with Gasteiger partial charge in [0.05, 0.1) is 11.0 Å². The number of aliphatic hydroxyl groups excluding tert-OH is 1. The van der Waals surface area contributed by atoms with Gasteiger partial charge in [0.15, 0.2) is 4.90 Å². The first-order chi connectivity index (χ1) is 9.29. The van der Waals surface area contributed by atoms with E-state index in [-0.39, 0.29) is 17.9 Å². The minimum atomic E-state index is -3.97. The van der Waals surface area contributed by atoms with Crippen LogP contribution < -0.4 is 4.72 Å². The highest BCUT2D eigenvalue weighted by atomic mass is 32.2. The van der Waals surface area contributed by atoms with Gasteiger partial charge in [-0.1, -0.05) is 19.1 Å². The van der Waals surface area contributed by atoms with Crippen molar-refractivity contribution in [2.24, 2.45) is 0 Å². The Labute approximate surface area is 117 Å². The highest BCUT2D eigenvalue weighted by Crippen LogP contribution is 2.26. The first-order valence-corrected chi connectivity index (χ1v) is 7.69. The molecule has 1 atom stereocenters. The van der Waals surface area contributed by atoms with E-state index < -0.39 is 26.7 Å². The molecule has 0 heterocycles. The second kappa shape index (κ2) is 6.78. The number of hydrogen-bond donors (Lipinski definition) is 2. The molecule has 8 heteroatoms. The fourth-order valence-corrected chi connectivity index (χ4v) is 3.21. The molecule has 0 saturated carbocycles. The van der Waals surface area contributed by atoms with Crippen LogP contribution in [0, 0.1) is 17.0 Å². The Balaban J connectivity index is 3.01. The second-order valence-corrected chi connectivity index (χ2v) is 6.13. The maximum atomic E-state index is 12.2. The number of aryl methyl sites for hydroxylation is 1. The Hall–Kier alpha value is -1.51. The minimum absolute atomic E-state index is 0.0306. The first kappa shape index (κ1) is 16.5. The SMILES string of the molecule is CCC(O)CCNS(=O)(=O)c1c(C)cccc1[N+](=O)[O-]. The average molecular weight is 302 g/mol. The Morgan fingerprint density at radius 2 is 2.10 bits per heavy atom. The summed E-state index contributed by atoms with van der Waals surface area (Å²) < 4.78 is 26.6. The van der Waals surface area contributed by atoms with Gasteiger partial charge in [-0.3, -0.25) is 10.1 Å². The fourth-order valence-electron chi connectivity index (χ4n) is 1.77. The van der Waals surface area contributed by atoms with E-state index in [2.05, 4.69) is 4.72 Å². The lowest BCUT2D eigenvalue weighted by molar-refractivity contribution is -0.387. The third-order valence-electron chi connectivity index (χ3n) is 2.90. The quantitative estimate of drug-likeness (QED) is 0.583. The standard InChI is InChI=1S/C12H18N2O5S/c1-3-10(15)7-8-13-20(18,19)12-9(2)5-4-6-11(12)14(16)17/h4-6,10,13,15H,3,7-8H2,1-2H3. The topological polar surface area (TPSA) is 110 Å². The van der Waals surface area contributed by atoms with Crippen LogP contribution in [0.4, 0.5) is 5.69 Å². The summed E-state index contributed by atoms with van der Waals surface area (Å²) in [5, 5.41) is 20.3. The van der Waals surface area contributed by atoms with Gasteiger partial charge in [0.2, 0.25) is 10.0 Å². The van der Waals surface area contributed by atoms with Crippen molar-refractivity contribution in [1.82, 2.24) is 4.72 Å². The number of benzene rings is 1. The molecule has 0 aromatic heterocycles. The molecule has 1 aromatic carbocycles. The molecule has 1 unspecified atom stereocenters. The summed E-state index contributed by atoms with van der Waals surface area (Å²) in [6.07, 6.45) is 0.186. The minimum Gasteiger partial charge on any atom is -0.393 e. The van der Waals surface area contributed by atoms with Crippen molar-refractivity contribution in [3.8, 4) is 0 Å². The van der Waals surface area contributed by atoms with Gasteiger partial charge in [0.25, 0.3) is 5.69 Å². The normalized spacial score (nSPS) is 13.2. The molecule has 7 nitrogen and oxygen atoms in total. The Morgan fingerprint density at radius 1 is 1.45 bits per heavy atom. The lowest BCUT2D eigenvalue weighted by Crippen LogP contribution is -2.28. The van der Waals surface area contributed by atoms with Crippen molar-refractivity contribution in [3.05, 3.63) is 33.9 Å². The van der Waals surface area contributed by atoms with E-state index in [4.69, 9.17) is 0 Å². The summed E-state index contributed by atoms with van der Waals surface area (Å²) in [5.74, 6) is 0. The Morgan fingerprint density at radius 3 is 2.65 bits per heavy atom. The van der Waals surface area contributed by atoms with Crippen molar-refractivity contribution in [1.29, 1.82) is 0 Å². The molecule has 112 valence electrons. The van der Waals surface area contributed by atoms with Gasteiger partial charge < -0.3 is 5.11 Å². The number of hydrogen-bond acceptors (Lipinski definition) is 5. The van der Waals surface area contributed by atoms with Crippen LogP contribution in [-0.4, -0.2) is 31.1 Å². The van der Waals surface area contributed by atoms with Crippen molar-refractivity contribution in [2.75, 3.05) is 6.54 Å². The number of rotatable bonds is 7. The summed E-state index contributed by atoms with van der Waals surface area (Å²) >= 11 is 0. The zero-order valence-corrected chi connectivity index (χ0v) is 12.2. The third kappa shape index (κ3) is 3.99. The van der Waals surface area contributed by atoms with Gasteiger partial charge in [0, 0.05) is 12.6 Å². The first-order valence-electron chi connectivity index (χ1n) is 6.21. The van der Waals surface area contributed by atoms with Crippen molar-refractivity contribution in [3.63, 3.8) is 0 Å². The number of nitrogens with one attached hydrogen (secondary N) is 1. The van der Waals surface area contributed by atoms with E-state index in [0.717, 1.165) is 6.07 Å². The van der Waals surface area contributed by atoms with Crippen LogP contribution in [0.1, 0.15) is 25.3 Å². The fraction of sp³-hybridized carbons (Fsp3) is 0.500. The summed E-state index contributed by atoms with van der Waals surface area (Å²) in [4.78, 5) is 9.88. The molecular weight excluding hydrogens is 284 g/mol. The van der Waals surface area contributed by atoms with Gasteiger partial charge in [-0.15, -0.1) is 0 Å². The molecule has 1 rings (SSSR count). The molecule has 0 amide bonds. The van der Waals surface area contributed by atoms with Crippen molar-refractivity contribution in [2.45, 2.75) is 37.7 Å². The number of nitro benzene ring substituents is 1. The average Bonchev–Trinajstić information content (AvgIpc) is 2.37. The maximum absolute atomic E-state index is 12.2. The van der Waals surface area contributed by atoms with E-state index >= 15 is 0 Å². The molecule has 0 aliphatic heterocycles. The summed E-state index contributed by atoms with van der Waals surface area (Å²) in [6.45, 7) is 3.32. The summed E-state index contributed by atoms with van der Waals surface area (Å²) in [6, 6.07) is 4.10. The maximum Gasteiger partial charge on any atom is 0.289 e. The third-order valence-corrected chi connectivity index (χ3v) is 4.55. The van der Waals surface area contributed by atoms with Crippen LogP contribution in [0.15, 0.2) is 23.1 Å². The van der Waals surface area contributed by atoms with E-state index in [1.54, 1.807) is 6.92 Å². The van der Waals surface area contributed by atoms with Crippen LogP contribution in [0.3, 0.4) is 0 Å². The molecule has 0 aliphatic carbocycles. The molecule has 0 fully saturated rings. The molecule has 1 aromatic rings. The van der Waals surface area contributed by atoms with Crippen LogP contribution in [0.5, 0.6) is 0 Å². The van der Waals surface area contributed by atoms with Crippen molar-refractivity contribution < 1.29 is 18.4 Å². The van der Waals surface area contributed by atoms with Gasteiger partial charge in [-0.25, -0.2) is 13.1 Å². The predicted octanol–water partition coefficient (Wildman–Crippen LogP) is 1.34. The summed E-state index contributed by atoms with van der Waals surface area (Å²) in [7, 11) is -3.97. The smallest absolute Gasteiger partial charge is 0.289 e.